The van der Waals surface area contributed by atoms with Crippen molar-refractivity contribution in [3.8, 4) is 5.69 Å². The fourth-order valence-electron chi connectivity index (χ4n) is 4.06. The van der Waals surface area contributed by atoms with Gasteiger partial charge in [0, 0.05) is 47.2 Å². The molecule has 0 bridgehead atoms. The fourth-order valence-corrected chi connectivity index (χ4v) is 4.63. The van der Waals surface area contributed by atoms with E-state index in [0.717, 1.165) is 27.1 Å². The maximum Gasteiger partial charge on any atom is 0.170 e. The van der Waals surface area contributed by atoms with Crippen LogP contribution in [0.4, 0.5) is 0 Å². The Hall–Kier alpha value is -3.03. The first-order chi connectivity index (χ1) is 15.2. The predicted molar refractivity (Wildman–Crippen MR) is 129 cm³/mol. The number of thiocarbonyl (C=S) groups is 1. The van der Waals surface area contributed by atoms with Gasteiger partial charge in [0.05, 0.1) is 17.8 Å². The number of hydrogen-bond donors (Lipinski definition) is 1. The van der Waals surface area contributed by atoms with E-state index in [1.54, 1.807) is 6.20 Å². The molecule has 0 spiro atoms. The molecule has 5 rings (SSSR count). The highest BCUT2D eigenvalue weighted by molar-refractivity contribution is 9.10. The molecule has 0 amide bonds. The molecule has 7 heteroatoms. The minimum Gasteiger partial charge on any atom is -0.352 e. The van der Waals surface area contributed by atoms with Crippen LogP contribution >= 0.6 is 28.1 Å². The Labute approximate surface area is 194 Å². The number of benzene rings is 1. The molecule has 0 radical (unpaired) electrons. The molecular formula is C24H20BrN5S. The Morgan fingerprint density at radius 2 is 1.84 bits per heavy atom. The second-order valence-corrected chi connectivity index (χ2v) is 8.70. The Morgan fingerprint density at radius 3 is 2.58 bits per heavy atom. The zero-order valence-corrected chi connectivity index (χ0v) is 19.0. The Balaban J connectivity index is 1.60. The summed E-state index contributed by atoms with van der Waals surface area (Å²) in [6.45, 7) is 0.666. The normalized spacial score (nSPS) is 18.2. The van der Waals surface area contributed by atoms with Crippen molar-refractivity contribution in [2.45, 2.75) is 18.6 Å². The van der Waals surface area contributed by atoms with Crippen molar-refractivity contribution in [3.63, 3.8) is 0 Å². The Kier molecular flexibility index (Phi) is 5.53. The number of nitrogens with zero attached hydrogens (tertiary/aromatic N) is 4. The van der Waals surface area contributed by atoms with Gasteiger partial charge in [-0.2, -0.15) is 0 Å². The van der Waals surface area contributed by atoms with Gasteiger partial charge in [-0.05, 0) is 72.4 Å². The molecule has 3 aromatic heterocycles. The van der Waals surface area contributed by atoms with Crippen molar-refractivity contribution in [3.05, 3.63) is 113 Å². The number of halogens is 1. The molecule has 1 fully saturated rings. The number of pyridine rings is 2. The molecule has 1 aliphatic heterocycles. The summed E-state index contributed by atoms with van der Waals surface area (Å²) in [6.07, 6.45) is 7.60. The summed E-state index contributed by atoms with van der Waals surface area (Å²) in [7, 11) is 0. The first-order valence-corrected chi connectivity index (χ1v) is 11.2. The van der Waals surface area contributed by atoms with Crippen LogP contribution in [-0.4, -0.2) is 24.5 Å². The van der Waals surface area contributed by atoms with Crippen LogP contribution in [0.5, 0.6) is 0 Å². The first kappa shape index (κ1) is 19.9. The lowest BCUT2D eigenvalue weighted by molar-refractivity contribution is 0.302. The first-order valence-electron chi connectivity index (χ1n) is 10.0. The van der Waals surface area contributed by atoms with Crippen LogP contribution in [0.1, 0.15) is 29.0 Å². The summed E-state index contributed by atoms with van der Waals surface area (Å²) < 4.78 is 3.28. The second-order valence-electron chi connectivity index (χ2n) is 7.40. The van der Waals surface area contributed by atoms with E-state index in [1.165, 1.54) is 0 Å². The van der Waals surface area contributed by atoms with Gasteiger partial charge in [0.2, 0.25) is 0 Å². The average Bonchev–Trinajstić information content (AvgIpc) is 3.40. The van der Waals surface area contributed by atoms with E-state index < -0.39 is 0 Å². The quantitative estimate of drug-likeness (QED) is 0.390. The summed E-state index contributed by atoms with van der Waals surface area (Å²) in [5, 5.41) is 4.24. The van der Waals surface area contributed by atoms with Gasteiger partial charge in [-0.1, -0.05) is 28.1 Å². The highest BCUT2D eigenvalue weighted by Gasteiger charge is 2.41. The molecule has 4 aromatic rings. The lowest BCUT2D eigenvalue weighted by Crippen LogP contribution is -2.30. The molecule has 1 aromatic carbocycles. The molecule has 4 heterocycles. The van der Waals surface area contributed by atoms with Gasteiger partial charge in [-0.25, -0.2) is 0 Å². The average molecular weight is 490 g/mol. The monoisotopic (exact) mass is 489 g/mol. The van der Waals surface area contributed by atoms with Crippen molar-refractivity contribution in [1.29, 1.82) is 0 Å². The van der Waals surface area contributed by atoms with E-state index in [-0.39, 0.29) is 12.1 Å². The topological polar surface area (TPSA) is 46.0 Å². The SMILES string of the molecule is S=C1N[C@H](c2ccccn2)[C@H](c2cccn2-c2ccc(Br)cc2)N1Cc1cccnc1. The van der Waals surface area contributed by atoms with Crippen LogP contribution in [0.25, 0.3) is 5.69 Å². The summed E-state index contributed by atoms with van der Waals surface area (Å²) >= 11 is 9.33. The Bertz CT molecular complexity index is 1180. The highest BCUT2D eigenvalue weighted by atomic mass is 79.9. The molecule has 154 valence electrons. The van der Waals surface area contributed by atoms with E-state index >= 15 is 0 Å². The van der Waals surface area contributed by atoms with Gasteiger partial charge < -0.3 is 14.8 Å². The maximum atomic E-state index is 5.80. The largest absolute Gasteiger partial charge is 0.352 e. The van der Waals surface area contributed by atoms with Crippen molar-refractivity contribution < 1.29 is 0 Å². The third-order valence-electron chi connectivity index (χ3n) is 5.46. The van der Waals surface area contributed by atoms with Gasteiger partial charge in [-0.3, -0.25) is 9.97 Å². The van der Waals surface area contributed by atoms with Crippen LogP contribution in [-0.2, 0) is 6.54 Å². The molecule has 0 aliphatic carbocycles. The molecule has 0 unspecified atom stereocenters. The van der Waals surface area contributed by atoms with Gasteiger partial charge in [0.15, 0.2) is 5.11 Å². The smallest absolute Gasteiger partial charge is 0.170 e. The third kappa shape index (κ3) is 3.98. The molecule has 0 saturated carbocycles. The van der Waals surface area contributed by atoms with Gasteiger partial charge in [0.1, 0.15) is 0 Å². The van der Waals surface area contributed by atoms with Gasteiger partial charge in [0.25, 0.3) is 0 Å². The zero-order chi connectivity index (χ0) is 21.2. The molecule has 2 atom stereocenters. The van der Waals surface area contributed by atoms with E-state index in [0.29, 0.717) is 11.7 Å². The summed E-state index contributed by atoms with van der Waals surface area (Å²) in [5.74, 6) is 0. The molecular weight excluding hydrogens is 470 g/mol. The lowest BCUT2D eigenvalue weighted by Gasteiger charge is -2.29. The van der Waals surface area contributed by atoms with E-state index in [4.69, 9.17) is 12.2 Å². The second kappa shape index (κ2) is 8.61. The minimum atomic E-state index is -0.0607. The van der Waals surface area contributed by atoms with Gasteiger partial charge >= 0.3 is 0 Å². The minimum absolute atomic E-state index is 0.0266. The molecule has 5 nitrogen and oxygen atoms in total. The molecule has 1 N–H and O–H groups in total. The molecule has 1 aliphatic rings. The number of hydrogen-bond acceptors (Lipinski definition) is 3. The molecule has 1 saturated heterocycles. The number of aromatic nitrogens is 3. The van der Waals surface area contributed by atoms with Crippen LogP contribution in [0.3, 0.4) is 0 Å². The van der Waals surface area contributed by atoms with Crippen molar-refractivity contribution in [2.24, 2.45) is 0 Å². The summed E-state index contributed by atoms with van der Waals surface area (Å²) in [5.41, 5.74) is 4.32. The lowest BCUT2D eigenvalue weighted by atomic mass is 10.0. The van der Waals surface area contributed by atoms with Crippen molar-refractivity contribution >= 4 is 33.3 Å². The van der Waals surface area contributed by atoms with Crippen LogP contribution in [0.15, 0.2) is 96.0 Å². The third-order valence-corrected chi connectivity index (χ3v) is 6.34. The number of rotatable bonds is 5. The van der Waals surface area contributed by atoms with Crippen LogP contribution in [0.2, 0.25) is 0 Å². The summed E-state index contributed by atoms with van der Waals surface area (Å²) in [4.78, 5) is 11.1. The summed E-state index contributed by atoms with van der Waals surface area (Å²) in [6, 6.07) is 22.5. The predicted octanol–water partition coefficient (Wildman–Crippen LogP) is 5.20. The van der Waals surface area contributed by atoms with Crippen LogP contribution < -0.4 is 5.32 Å². The standard InChI is InChI=1S/C24H20BrN5S/c25-18-8-10-19(11-9-18)29-14-4-7-21(29)23-22(20-6-1-2-13-27-20)28-24(31)30(23)16-17-5-3-12-26-15-17/h1-15,22-23H,16H2,(H,28,31)/t22-,23+/m1/s1. The van der Waals surface area contributed by atoms with Crippen molar-refractivity contribution in [1.82, 2.24) is 24.8 Å². The van der Waals surface area contributed by atoms with Crippen molar-refractivity contribution in [2.75, 3.05) is 0 Å². The maximum absolute atomic E-state index is 5.80. The van der Waals surface area contributed by atoms with Gasteiger partial charge in [-0.15, -0.1) is 0 Å². The fraction of sp³-hybridized carbons (Fsp3) is 0.125. The van der Waals surface area contributed by atoms with E-state index in [2.05, 4.69) is 89.3 Å². The zero-order valence-electron chi connectivity index (χ0n) is 16.6. The molecule has 31 heavy (non-hydrogen) atoms. The van der Waals surface area contributed by atoms with E-state index in [1.807, 2.05) is 36.7 Å². The number of nitrogens with one attached hydrogen (secondary N) is 1. The highest BCUT2D eigenvalue weighted by Crippen LogP contribution is 2.40. The van der Waals surface area contributed by atoms with Crippen LogP contribution in [0, 0.1) is 0 Å². The Morgan fingerprint density at radius 1 is 0.968 bits per heavy atom. The van der Waals surface area contributed by atoms with E-state index in [9.17, 15) is 0 Å².